The molecule has 0 aliphatic carbocycles. The van der Waals surface area contributed by atoms with Gasteiger partial charge in [0.2, 0.25) is 0 Å². The monoisotopic (exact) mass is 268 g/mol. The van der Waals surface area contributed by atoms with Gasteiger partial charge in [0.05, 0.1) is 0 Å². The van der Waals surface area contributed by atoms with E-state index in [9.17, 15) is 0 Å². The van der Waals surface area contributed by atoms with Gasteiger partial charge in [-0.05, 0) is 48.2 Å². The third-order valence-corrected chi connectivity index (χ3v) is 3.36. The molecule has 1 heteroatoms. The zero-order chi connectivity index (χ0) is 13.7. The molecule has 2 aromatic carbocycles. The van der Waals surface area contributed by atoms with Gasteiger partial charge in [0.15, 0.2) is 0 Å². The van der Waals surface area contributed by atoms with E-state index in [0.29, 0.717) is 0 Å². The molecule has 2 rings (SSSR count). The molecule has 0 saturated heterocycles. The predicted octanol–water partition coefficient (Wildman–Crippen LogP) is 5.90. The Hall–Kier alpha value is -1.79. The van der Waals surface area contributed by atoms with Crippen molar-refractivity contribution in [2.45, 2.75) is 13.8 Å². The van der Waals surface area contributed by atoms with Gasteiger partial charge >= 0.3 is 0 Å². The second-order valence-electron chi connectivity index (χ2n) is 4.41. The number of hydrogen-bond donors (Lipinski definition) is 0. The molecule has 96 valence electrons. The highest BCUT2D eigenvalue weighted by atomic mass is 35.5. The minimum atomic E-state index is 0.769. The van der Waals surface area contributed by atoms with Crippen LogP contribution in [-0.4, -0.2) is 0 Å². The van der Waals surface area contributed by atoms with Crippen LogP contribution in [0.4, 0.5) is 0 Å². The first-order valence-corrected chi connectivity index (χ1v) is 6.75. The maximum Gasteiger partial charge on any atom is 0.0406 e. The van der Waals surface area contributed by atoms with Crippen LogP contribution in [0.2, 0.25) is 5.02 Å². The summed E-state index contributed by atoms with van der Waals surface area (Å²) in [6, 6.07) is 14.3. The van der Waals surface area contributed by atoms with Crippen LogP contribution in [0.3, 0.4) is 0 Å². The highest BCUT2D eigenvalue weighted by Gasteiger charge is 2.04. The zero-order valence-corrected chi connectivity index (χ0v) is 12.0. The topological polar surface area (TPSA) is 0 Å². The number of benzene rings is 2. The summed E-state index contributed by atoms with van der Waals surface area (Å²) in [6.45, 7) is 4.17. The maximum atomic E-state index is 5.94. The van der Waals surface area contributed by atoms with Gasteiger partial charge < -0.3 is 0 Å². The van der Waals surface area contributed by atoms with Gasteiger partial charge in [0, 0.05) is 5.02 Å². The van der Waals surface area contributed by atoms with E-state index in [1.165, 1.54) is 22.3 Å². The molecule has 0 bridgehead atoms. The van der Waals surface area contributed by atoms with Crippen LogP contribution in [0.1, 0.15) is 18.1 Å². The summed E-state index contributed by atoms with van der Waals surface area (Å²) in [7, 11) is 0. The van der Waals surface area contributed by atoms with E-state index >= 15 is 0 Å². The fraction of sp³-hybridized carbons (Fsp3) is 0.111. The van der Waals surface area contributed by atoms with E-state index in [-0.39, 0.29) is 0 Å². The van der Waals surface area contributed by atoms with Crippen molar-refractivity contribution < 1.29 is 0 Å². The van der Waals surface area contributed by atoms with Crippen LogP contribution in [0.5, 0.6) is 0 Å². The summed E-state index contributed by atoms with van der Waals surface area (Å²) in [6.07, 6.45) is 8.26. The minimum absolute atomic E-state index is 0.769. The summed E-state index contributed by atoms with van der Waals surface area (Å²) >= 11 is 5.94. The van der Waals surface area contributed by atoms with Gasteiger partial charge in [-0.1, -0.05) is 66.2 Å². The molecular weight excluding hydrogens is 252 g/mol. The van der Waals surface area contributed by atoms with E-state index in [4.69, 9.17) is 11.6 Å². The van der Waals surface area contributed by atoms with Crippen LogP contribution >= 0.6 is 11.6 Å². The summed E-state index contributed by atoms with van der Waals surface area (Å²) in [4.78, 5) is 0. The van der Waals surface area contributed by atoms with E-state index in [1.807, 2.05) is 31.2 Å². The van der Waals surface area contributed by atoms with Gasteiger partial charge in [0.25, 0.3) is 0 Å². The molecule has 0 aromatic heterocycles. The quantitative estimate of drug-likeness (QED) is 0.608. The SMILES string of the molecule is C/C=C/C=C/c1cccc(-c2ccc(Cl)cc2)c1C. The lowest BCUT2D eigenvalue weighted by molar-refractivity contribution is 1.43. The molecule has 0 aliphatic rings. The van der Waals surface area contributed by atoms with Gasteiger partial charge in [-0.2, -0.15) is 0 Å². The number of halogens is 1. The molecule has 0 nitrogen and oxygen atoms in total. The summed E-state index contributed by atoms with van der Waals surface area (Å²) in [5.41, 5.74) is 4.97. The smallest absolute Gasteiger partial charge is 0.0406 e. The molecule has 0 fully saturated rings. The van der Waals surface area contributed by atoms with Crippen molar-refractivity contribution >= 4 is 17.7 Å². The third kappa shape index (κ3) is 3.36. The highest BCUT2D eigenvalue weighted by Crippen LogP contribution is 2.27. The second kappa shape index (κ2) is 6.40. The third-order valence-electron chi connectivity index (χ3n) is 3.11. The van der Waals surface area contributed by atoms with Crippen LogP contribution in [0.15, 0.2) is 60.7 Å². The van der Waals surface area contributed by atoms with E-state index in [2.05, 4.69) is 49.4 Å². The Morgan fingerprint density at radius 3 is 2.37 bits per heavy atom. The van der Waals surface area contributed by atoms with Crippen molar-refractivity contribution in [2.24, 2.45) is 0 Å². The average molecular weight is 269 g/mol. The first-order chi connectivity index (χ1) is 9.22. The summed E-state index contributed by atoms with van der Waals surface area (Å²) < 4.78 is 0. The normalized spacial score (nSPS) is 11.5. The fourth-order valence-electron chi connectivity index (χ4n) is 2.05. The molecule has 0 atom stereocenters. The van der Waals surface area contributed by atoms with Crippen molar-refractivity contribution in [3.05, 3.63) is 76.8 Å². The van der Waals surface area contributed by atoms with E-state index < -0.39 is 0 Å². The van der Waals surface area contributed by atoms with Crippen molar-refractivity contribution in [1.82, 2.24) is 0 Å². The van der Waals surface area contributed by atoms with Gasteiger partial charge in [-0.3, -0.25) is 0 Å². The minimum Gasteiger partial charge on any atom is -0.0877 e. The molecule has 0 N–H and O–H groups in total. The summed E-state index contributed by atoms with van der Waals surface area (Å²) in [5, 5.41) is 0.769. The first kappa shape index (κ1) is 13.6. The van der Waals surface area contributed by atoms with Crippen LogP contribution in [-0.2, 0) is 0 Å². The van der Waals surface area contributed by atoms with Crippen LogP contribution in [0, 0.1) is 6.92 Å². The maximum absolute atomic E-state index is 5.94. The Morgan fingerprint density at radius 2 is 1.68 bits per heavy atom. The number of allylic oxidation sites excluding steroid dienone is 3. The first-order valence-electron chi connectivity index (χ1n) is 6.37. The van der Waals surface area contributed by atoms with Gasteiger partial charge in [-0.15, -0.1) is 0 Å². The van der Waals surface area contributed by atoms with E-state index in [1.54, 1.807) is 0 Å². The molecule has 0 heterocycles. The number of rotatable bonds is 3. The average Bonchev–Trinajstić information content (AvgIpc) is 2.42. The Balaban J connectivity index is 2.42. The zero-order valence-electron chi connectivity index (χ0n) is 11.2. The Morgan fingerprint density at radius 1 is 0.947 bits per heavy atom. The van der Waals surface area contributed by atoms with E-state index in [0.717, 1.165) is 5.02 Å². The molecule has 0 radical (unpaired) electrons. The van der Waals surface area contributed by atoms with Gasteiger partial charge in [0.1, 0.15) is 0 Å². The van der Waals surface area contributed by atoms with Crippen molar-refractivity contribution in [2.75, 3.05) is 0 Å². The lowest BCUT2D eigenvalue weighted by atomic mass is 9.96. The van der Waals surface area contributed by atoms with Crippen LogP contribution < -0.4 is 0 Å². The Labute approximate surface area is 120 Å². The molecule has 0 saturated carbocycles. The van der Waals surface area contributed by atoms with Crippen LogP contribution in [0.25, 0.3) is 17.2 Å². The molecule has 0 unspecified atom stereocenters. The lowest BCUT2D eigenvalue weighted by Crippen LogP contribution is -1.86. The van der Waals surface area contributed by atoms with Gasteiger partial charge in [-0.25, -0.2) is 0 Å². The lowest BCUT2D eigenvalue weighted by Gasteiger charge is -2.09. The molecular formula is C18H17Cl. The fourth-order valence-corrected chi connectivity index (χ4v) is 2.17. The second-order valence-corrected chi connectivity index (χ2v) is 4.85. The summed E-state index contributed by atoms with van der Waals surface area (Å²) in [5.74, 6) is 0. The van der Waals surface area contributed by atoms with Crippen molar-refractivity contribution in [1.29, 1.82) is 0 Å². The van der Waals surface area contributed by atoms with Crippen molar-refractivity contribution in [3.8, 4) is 11.1 Å². The molecule has 0 aliphatic heterocycles. The molecule has 0 spiro atoms. The molecule has 0 amide bonds. The standard InChI is InChI=1S/C18H17Cl/c1-3-4-5-7-15-8-6-9-18(14(15)2)16-10-12-17(19)13-11-16/h3-13H,1-2H3/b4-3+,7-5+. The molecule has 2 aromatic rings. The number of hydrogen-bond acceptors (Lipinski definition) is 0. The highest BCUT2D eigenvalue weighted by molar-refractivity contribution is 6.30. The predicted molar refractivity (Wildman–Crippen MR) is 85.5 cm³/mol. The largest absolute Gasteiger partial charge is 0.0877 e. The molecule has 19 heavy (non-hydrogen) atoms. The Bertz CT molecular complexity index is 604. The Kier molecular flexibility index (Phi) is 4.59. The van der Waals surface area contributed by atoms with Crippen molar-refractivity contribution in [3.63, 3.8) is 0 Å².